The van der Waals surface area contributed by atoms with E-state index in [0.29, 0.717) is 12.3 Å². The van der Waals surface area contributed by atoms with Gasteiger partial charge in [0, 0.05) is 6.42 Å². The normalized spacial score (nSPS) is 19.7. The minimum Gasteiger partial charge on any atom is -0.469 e. The van der Waals surface area contributed by atoms with Crippen LogP contribution in [-0.2, 0) is 9.53 Å². The predicted molar refractivity (Wildman–Crippen MR) is 46.7 cm³/mol. The first-order chi connectivity index (χ1) is 5.33. The van der Waals surface area contributed by atoms with Gasteiger partial charge in [0.25, 0.3) is 0 Å². The summed E-state index contributed by atoms with van der Waals surface area (Å²) in [4.78, 5) is 10.9. The van der Waals surface area contributed by atoms with Crippen LogP contribution in [0.3, 0.4) is 0 Å². The van der Waals surface area contributed by atoms with Gasteiger partial charge >= 0.3 is 5.97 Å². The van der Waals surface area contributed by atoms with Gasteiger partial charge in [-0.3, -0.25) is 4.79 Å². The van der Waals surface area contributed by atoms with Gasteiger partial charge in [0.2, 0.25) is 0 Å². The van der Waals surface area contributed by atoms with Gasteiger partial charge in [-0.05, 0) is 30.3 Å². The Balaban J connectivity index is 2.19. The summed E-state index contributed by atoms with van der Waals surface area (Å²) in [5.41, 5.74) is 0. The Hall–Kier alpha value is -0.180. The first-order valence-corrected chi connectivity index (χ1v) is 5.13. The van der Waals surface area contributed by atoms with Gasteiger partial charge in [-0.15, -0.1) is 0 Å². The lowest BCUT2D eigenvalue weighted by Gasteiger charge is -2.19. The van der Waals surface area contributed by atoms with Crippen LogP contribution >= 0.6 is 11.8 Å². The summed E-state index contributed by atoms with van der Waals surface area (Å²) in [7, 11) is 1.46. The predicted octanol–water partition coefficient (Wildman–Crippen LogP) is 1.69. The Morgan fingerprint density at radius 1 is 1.55 bits per heavy atom. The van der Waals surface area contributed by atoms with Gasteiger partial charge in [-0.2, -0.15) is 11.8 Å². The van der Waals surface area contributed by atoms with Crippen molar-refractivity contribution < 1.29 is 9.53 Å². The van der Waals surface area contributed by atoms with Gasteiger partial charge in [-0.1, -0.05) is 0 Å². The summed E-state index contributed by atoms with van der Waals surface area (Å²) in [6, 6.07) is 0. The number of ether oxygens (including phenoxy) is 1. The summed E-state index contributed by atoms with van der Waals surface area (Å²) >= 11 is 1.98. The number of hydrogen-bond acceptors (Lipinski definition) is 3. The Morgan fingerprint density at radius 3 is 2.73 bits per heavy atom. The van der Waals surface area contributed by atoms with Gasteiger partial charge in [-0.25, -0.2) is 0 Å². The van der Waals surface area contributed by atoms with Crippen molar-refractivity contribution in [1.82, 2.24) is 0 Å². The molecule has 1 fully saturated rings. The van der Waals surface area contributed by atoms with Crippen molar-refractivity contribution in [3.05, 3.63) is 0 Å². The second-order valence-corrected chi connectivity index (χ2v) is 4.06. The highest BCUT2D eigenvalue weighted by Gasteiger charge is 2.16. The Bertz CT molecular complexity index is 130. The van der Waals surface area contributed by atoms with Gasteiger partial charge < -0.3 is 4.74 Å². The molecular formula is C8H14O2S. The molecule has 0 amide bonds. The van der Waals surface area contributed by atoms with E-state index in [9.17, 15) is 4.79 Å². The smallest absolute Gasteiger partial charge is 0.305 e. The van der Waals surface area contributed by atoms with Gasteiger partial charge in [0.1, 0.15) is 0 Å². The molecule has 11 heavy (non-hydrogen) atoms. The minimum atomic E-state index is -0.0538. The van der Waals surface area contributed by atoms with Crippen LogP contribution in [0.15, 0.2) is 0 Å². The van der Waals surface area contributed by atoms with Crippen LogP contribution in [0.2, 0.25) is 0 Å². The van der Waals surface area contributed by atoms with Crippen LogP contribution in [-0.4, -0.2) is 24.6 Å². The number of carbonyl (C=O) groups is 1. The molecule has 0 aliphatic carbocycles. The summed E-state index contributed by atoms with van der Waals surface area (Å²) in [6.45, 7) is 0. The zero-order valence-corrected chi connectivity index (χ0v) is 7.65. The molecule has 0 saturated carbocycles. The Kier molecular flexibility index (Phi) is 3.77. The molecule has 0 radical (unpaired) electrons. The fourth-order valence-corrected chi connectivity index (χ4v) is 2.47. The lowest BCUT2D eigenvalue weighted by atomic mass is 9.99. The molecule has 1 saturated heterocycles. The molecule has 0 aromatic carbocycles. The molecule has 0 spiro atoms. The fraction of sp³-hybridized carbons (Fsp3) is 0.875. The third kappa shape index (κ3) is 3.14. The minimum absolute atomic E-state index is 0.0538. The van der Waals surface area contributed by atoms with Crippen molar-refractivity contribution in [1.29, 1.82) is 0 Å². The van der Waals surface area contributed by atoms with E-state index in [2.05, 4.69) is 4.74 Å². The van der Waals surface area contributed by atoms with Crippen molar-refractivity contribution in [2.75, 3.05) is 18.6 Å². The molecule has 0 aromatic heterocycles. The van der Waals surface area contributed by atoms with Crippen LogP contribution in [0, 0.1) is 5.92 Å². The maximum absolute atomic E-state index is 10.9. The average Bonchev–Trinajstić information content (AvgIpc) is 2.06. The maximum Gasteiger partial charge on any atom is 0.305 e. The van der Waals surface area contributed by atoms with Gasteiger partial charge in [0.15, 0.2) is 0 Å². The second-order valence-electron chi connectivity index (χ2n) is 2.84. The summed E-state index contributed by atoms with van der Waals surface area (Å²) < 4.78 is 4.61. The summed E-state index contributed by atoms with van der Waals surface area (Å²) in [6.07, 6.45) is 2.98. The van der Waals surface area contributed by atoms with E-state index in [1.807, 2.05) is 11.8 Å². The highest BCUT2D eigenvalue weighted by Crippen LogP contribution is 2.25. The van der Waals surface area contributed by atoms with Crippen molar-refractivity contribution >= 4 is 17.7 Å². The second kappa shape index (κ2) is 4.65. The van der Waals surface area contributed by atoms with Gasteiger partial charge in [0.05, 0.1) is 7.11 Å². The molecule has 0 unspecified atom stereocenters. The van der Waals surface area contributed by atoms with Crippen LogP contribution in [0.25, 0.3) is 0 Å². The number of thioether (sulfide) groups is 1. The molecule has 1 rings (SSSR count). The molecule has 2 nitrogen and oxygen atoms in total. The molecule has 64 valence electrons. The maximum atomic E-state index is 10.9. The molecule has 1 heterocycles. The topological polar surface area (TPSA) is 26.3 Å². The summed E-state index contributed by atoms with van der Waals surface area (Å²) in [5, 5.41) is 0. The molecule has 1 aliphatic heterocycles. The lowest BCUT2D eigenvalue weighted by molar-refractivity contribution is -0.141. The Morgan fingerprint density at radius 2 is 2.18 bits per heavy atom. The highest BCUT2D eigenvalue weighted by molar-refractivity contribution is 7.99. The van der Waals surface area contributed by atoms with E-state index in [4.69, 9.17) is 0 Å². The van der Waals surface area contributed by atoms with Crippen molar-refractivity contribution in [3.8, 4) is 0 Å². The standard InChI is InChI=1S/C8H14O2S/c1-10-8(9)6-7-2-4-11-5-3-7/h7H,2-6H2,1H3. The zero-order valence-electron chi connectivity index (χ0n) is 6.84. The third-order valence-electron chi connectivity index (χ3n) is 2.02. The highest BCUT2D eigenvalue weighted by atomic mass is 32.2. The third-order valence-corrected chi connectivity index (χ3v) is 3.07. The molecule has 0 bridgehead atoms. The van der Waals surface area contributed by atoms with E-state index in [0.717, 1.165) is 0 Å². The van der Waals surface area contributed by atoms with E-state index < -0.39 is 0 Å². The molecule has 0 atom stereocenters. The first kappa shape index (κ1) is 8.91. The van der Waals surface area contributed by atoms with Crippen molar-refractivity contribution in [2.24, 2.45) is 5.92 Å². The van der Waals surface area contributed by atoms with Crippen molar-refractivity contribution in [2.45, 2.75) is 19.3 Å². The molecule has 1 aliphatic rings. The molecule has 0 aromatic rings. The number of hydrogen-bond donors (Lipinski definition) is 0. The first-order valence-electron chi connectivity index (χ1n) is 3.97. The largest absolute Gasteiger partial charge is 0.469 e. The number of methoxy groups -OCH3 is 1. The fourth-order valence-electron chi connectivity index (χ4n) is 1.27. The lowest BCUT2D eigenvalue weighted by Crippen LogP contribution is -2.14. The van der Waals surface area contributed by atoms with E-state index >= 15 is 0 Å². The van der Waals surface area contributed by atoms with Crippen LogP contribution in [0.4, 0.5) is 0 Å². The van der Waals surface area contributed by atoms with E-state index in [1.165, 1.54) is 31.5 Å². The number of carbonyl (C=O) groups excluding carboxylic acids is 1. The zero-order chi connectivity index (χ0) is 8.10. The van der Waals surface area contributed by atoms with E-state index in [-0.39, 0.29) is 5.97 Å². The molecule has 0 N–H and O–H groups in total. The number of esters is 1. The van der Waals surface area contributed by atoms with Crippen LogP contribution in [0.1, 0.15) is 19.3 Å². The quantitative estimate of drug-likeness (QED) is 0.596. The SMILES string of the molecule is COC(=O)CC1CCSCC1. The van der Waals surface area contributed by atoms with E-state index in [1.54, 1.807) is 0 Å². The number of rotatable bonds is 2. The van der Waals surface area contributed by atoms with Crippen molar-refractivity contribution in [3.63, 3.8) is 0 Å². The Labute approximate surface area is 71.7 Å². The molecule has 3 heteroatoms. The molecular weight excluding hydrogens is 160 g/mol. The van der Waals surface area contributed by atoms with Crippen LogP contribution in [0.5, 0.6) is 0 Å². The monoisotopic (exact) mass is 174 g/mol. The summed E-state index contributed by atoms with van der Waals surface area (Å²) in [5.74, 6) is 2.95. The van der Waals surface area contributed by atoms with Crippen LogP contribution < -0.4 is 0 Å². The average molecular weight is 174 g/mol.